The van der Waals surface area contributed by atoms with Gasteiger partial charge in [-0.2, -0.15) is 5.10 Å². The second kappa shape index (κ2) is 10.2. The molecule has 6 aromatic rings. The summed E-state index contributed by atoms with van der Waals surface area (Å²) >= 11 is 0. The van der Waals surface area contributed by atoms with Gasteiger partial charge < -0.3 is 10.3 Å². The summed E-state index contributed by atoms with van der Waals surface area (Å²) in [7, 11) is 0. The van der Waals surface area contributed by atoms with Crippen molar-refractivity contribution in [2.75, 3.05) is 5.32 Å². The molecule has 0 bridgehead atoms. The lowest BCUT2D eigenvalue weighted by atomic mass is 9.88. The van der Waals surface area contributed by atoms with Gasteiger partial charge in [-0.3, -0.25) is 19.9 Å². The number of halogens is 2. The lowest BCUT2D eigenvalue weighted by Gasteiger charge is -2.20. The summed E-state index contributed by atoms with van der Waals surface area (Å²) in [6.45, 7) is 0. The minimum atomic E-state index is -0.548. The van der Waals surface area contributed by atoms with Crippen LogP contribution in [-0.4, -0.2) is 41.0 Å². The van der Waals surface area contributed by atoms with Crippen LogP contribution in [0.5, 0.6) is 0 Å². The molecule has 5 aromatic heterocycles. The van der Waals surface area contributed by atoms with Gasteiger partial charge in [-0.1, -0.05) is 19.3 Å². The Morgan fingerprint density at radius 1 is 0.927 bits per heavy atom. The largest absolute Gasteiger partial charge is 0.336 e. The maximum Gasteiger partial charge on any atom is 0.227 e. The number of aromatic nitrogens is 7. The zero-order valence-corrected chi connectivity index (χ0v) is 21.8. The monoisotopic (exact) mass is 550 g/mol. The highest BCUT2D eigenvalue weighted by atomic mass is 19.1. The van der Waals surface area contributed by atoms with E-state index in [0.29, 0.717) is 39.4 Å². The average molecular weight is 551 g/mol. The molecular formula is C30H24F2N8O. The van der Waals surface area contributed by atoms with E-state index in [2.05, 4.69) is 35.5 Å². The molecule has 9 nitrogen and oxygen atoms in total. The van der Waals surface area contributed by atoms with Crippen LogP contribution in [-0.2, 0) is 4.79 Å². The molecule has 5 heterocycles. The molecule has 0 unspecified atom stereocenters. The van der Waals surface area contributed by atoms with Crippen molar-refractivity contribution in [1.29, 1.82) is 0 Å². The number of anilines is 1. The summed E-state index contributed by atoms with van der Waals surface area (Å²) in [5.41, 5.74) is 4.16. The van der Waals surface area contributed by atoms with Crippen molar-refractivity contribution in [2.24, 2.45) is 5.92 Å². The van der Waals surface area contributed by atoms with Gasteiger partial charge in [0.15, 0.2) is 11.5 Å². The lowest BCUT2D eigenvalue weighted by molar-refractivity contribution is -0.120. The number of nitrogens with zero attached hydrogens (tertiary/aromatic N) is 5. The number of benzene rings is 1. The molecule has 0 saturated heterocycles. The van der Waals surface area contributed by atoms with E-state index in [1.807, 2.05) is 0 Å². The third-order valence-electron chi connectivity index (χ3n) is 7.56. The van der Waals surface area contributed by atoms with E-state index in [1.54, 1.807) is 36.7 Å². The van der Waals surface area contributed by atoms with E-state index in [4.69, 9.17) is 4.98 Å². The van der Waals surface area contributed by atoms with Crippen LogP contribution in [0.3, 0.4) is 0 Å². The van der Waals surface area contributed by atoms with Crippen LogP contribution >= 0.6 is 0 Å². The van der Waals surface area contributed by atoms with Gasteiger partial charge in [-0.15, -0.1) is 0 Å². The van der Waals surface area contributed by atoms with E-state index in [0.717, 1.165) is 32.1 Å². The van der Waals surface area contributed by atoms with Crippen LogP contribution < -0.4 is 5.32 Å². The average Bonchev–Trinajstić information content (AvgIpc) is 3.63. The summed E-state index contributed by atoms with van der Waals surface area (Å²) in [4.78, 5) is 33.7. The molecule has 11 heteroatoms. The lowest BCUT2D eigenvalue weighted by Crippen LogP contribution is -2.24. The molecular weight excluding hydrogens is 526 g/mol. The van der Waals surface area contributed by atoms with Crippen molar-refractivity contribution in [3.63, 3.8) is 0 Å². The second-order valence-electron chi connectivity index (χ2n) is 10.2. The number of hydrogen-bond donors (Lipinski definition) is 3. The first kappa shape index (κ1) is 24.9. The number of hydrogen-bond acceptors (Lipinski definition) is 6. The molecule has 7 rings (SSSR count). The Morgan fingerprint density at radius 2 is 1.76 bits per heavy atom. The number of aromatic amines is 2. The quantitative estimate of drug-likeness (QED) is 0.227. The SMILES string of the molecule is O=C(Nc1cncc(-c2cnc3[nH]nc(-c4nc5c(-c6ccc(F)cc6)nccc5[nH]4)c3c2F)c1)C1CCCCC1. The summed E-state index contributed by atoms with van der Waals surface area (Å²) in [5, 5.41) is 10.2. The van der Waals surface area contributed by atoms with E-state index < -0.39 is 5.82 Å². The van der Waals surface area contributed by atoms with Crippen molar-refractivity contribution in [3.8, 4) is 33.9 Å². The van der Waals surface area contributed by atoms with Gasteiger partial charge in [0.2, 0.25) is 5.91 Å². The summed E-state index contributed by atoms with van der Waals surface area (Å²) in [5.74, 6) is -0.620. The molecule has 1 fully saturated rings. The first-order chi connectivity index (χ1) is 20.0. The van der Waals surface area contributed by atoms with Crippen molar-refractivity contribution in [1.82, 2.24) is 35.1 Å². The number of carbonyl (C=O) groups is 1. The number of rotatable bonds is 5. The first-order valence-electron chi connectivity index (χ1n) is 13.4. The fraction of sp³-hybridized carbons (Fsp3) is 0.200. The molecule has 3 N–H and O–H groups in total. The van der Waals surface area contributed by atoms with Crippen LogP contribution in [0.1, 0.15) is 32.1 Å². The van der Waals surface area contributed by atoms with Crippen molar-refractivity contribution in [3.05, 3.63) is 72.8 Å². The van der Waals surface area contributed by atoms with Crippen LogP contribution in [0.4, 0.5) is 14.5 Å². The zero-order chi connectivity index (χ0) is 27.9. The summed E-state index contributed by atoms with van der Waals surface area (Å²) < 4.78 is 29.6. The molecule has 1 aliphatic carbocycles. The number of nitrogens with one attached hydrogen (secondary N) is 3. The van der Waals surface area contributed by atoms with Crippen molar-refractivity contribution < 1.29 is 13.6 Å². The van der Waals surface area contributed by atoms with E-state index in [-0.39, 0.29) is 39.9 Å². The number of H-pyrrole nitrogens is 2. The number of pyridine rings is 3. The van der Waals surface area contributed by atoms with Gasteiger partial charge in [-0.25, -0.2) is 18.7 Å². The van der Waals surface area contributed by atoms with Gasteiger partial charge in [0.1, 0.15) is 22.8 Å². The Bertz CT molecular complexity index is 1910. The van der Waals surface area contributed by atoms with Crippen molar-refractivity contribution in [2.45, 2.75) is 32.1 Å². The fourth-order valence-corrected chi connectivity index (χ4v) is 5.46. The minimum absolute atomic E-state index is 0.0155. The highest BCUT2D eigenvalue weighted by molar-refractivity contribution is 5.97. The molecule has 1 aliphatic rings. The third-order valence-corrected chi connectivity index (χ3v) is 7.56. The predicted octanol–water partition coefficient (Wildman–Crippen LogP) is 6.42. The zero-order valence-electron chi connectivity index (χ0n) is 21.8. The summed E-state index contributed by atoms with van der Waals surface area (Å²) in [6.07, 6.45) is 11.1. The minimum Gasteiger partial charge on any atom is -0.336 e. The molecule has 0 spiro atoms. The maximum atomic E-state index is 16.2. The smallest absolute Gasteiger partial charge is 0.227 e. The standard InChI is InChI=1S/C30H24F2N8O/c31-19-8-6-16(7-9-19)25-26-22(10-11-34-25)37-29(38-26)27-23-24(32)21(15-35-28(23)40-39-27)18-12-20(14-33-13-18)36-30(41)17-4-2-1-3-5-17/h6-15,17H,1-5H2,(H,36,41)(H,37,38)(H,35,39,40). The van der Waals surface area contributed by atoms with E-state index >= 15 is 4.39 Å². The van der Waals surface area contributed by atoms with Crippen LogP contribution in [0.15, 0.2) is 61.2 Å². The van der Waals surface area contributed by atoms with Gasteiger partial charge in [-0.05, 0) is 49.2 Å². The van der Waals surface area contributed by atoms with Gasteiger partial charge in [0, 0.05) is 41.2 Å². The Kier molecular flexibility index (Phi) is 6.18. The molecule has 1 aromatic carbocycles. The van der Waals surface area contributed by atoms with Gasteiger partial charge >= 0.3 is 0 Å². The molecule has 0 atom stereocenters. The van der Waals surface area contributed by atoms with Crippen molar-refractivity contribution >= 4 is 33.7 Å². The Morgan fingerprint density at radius 3 is 2.59 bits per heavy atom. The third kappa shape index (κ3) is 4.58. The predicted molar refractivity (Wildman–Crippen MR) is 151 cm³/mol. The number of amides is 1. The van der Waals surface area contributed by atoms with E-state index in [1.165, 1.54) is 24.5 Å². The van der Waals surface area contributed by atoms with E-state index in [9.17, 15) is 9.18 Å². The van der Waals surface area contributed by atoms with Crippen LogP contribution in [0, 0.1) is 17.6 Å². The molecule has 1 amide bonds. The fourth-order valence-electron chi connectivity index (χ4n) is 5.46. The van der Waals surface area contributed by atoms with Crippen LogP contribution in [0.25, 0.3) is 56.0 Å². The maximum absolute atomic E-state index is 16.2. The Labute approximate surface area is 232 Å². The highest BCUT2D eigenvalue weighted by Gasteiger charge is 2.23. The Hall–Kier alpha value is -5.06. The summed E-state index contributed by atoms with van der Waals surface area (Å²) in [6, 6.07) is 9.43. The number of imidazole rings is 1. The Balaban J connectivity index is 1.26. The number of carbonyl (C=O) groups excluding carboxylic acids is 1. The molecule has 0 radical (unpaired) electrons. The highest BCUT2D eigenvalue weighted by Crippen LogP contribution is 2.34. The molecule has 204 valence electrons. The molecule has 41 heavy (non-hydrogen) atoms. The molecule has 1 saturated carbocycles. The van der Waals surface area contributed by atoms with Gasteiger partial charge in [0.25, 0.3) is 0 Å². The van der Waals surface area contributed by atoms with Gasteiger partial charge in [0.05, 0.1) is 28.5 Å². The first-order valence-corrected chi connectivity index (χ1v) is 13.4. The second-order valence-corrected chi connectivity index (χ2v) is 10.2. The molecule has 0 aliphatic heterocycles. The topological polar surface area (TPSA) is 125 Å². The van der Waals surface area contributed by atoms with Crippen LogP contribution in [0.2, 0.25) is 0 Å². The number of fused-ring (bicyclic) bond motifs is 2. The normalized spacial score (nSPS) is 14.1.